The van der Waals surface area contributed by atoms with E-state index in [0.717, 1.165) is 50.1 Å². The Labute approximate surface area is 138 Å². The van der Waals surface area contributed by atoms with Gasteiger partial charge in [-0.05, 0) is 50.4 Å². The van der Waals surface area contributed by atoms with Crippen LogP contribution >= 0.6 is 12.4 Å². The van der Waals surface area contributed by atoms with Crippen LogP contribution < -0.4 is 10.1 Å². The number of para-hydroxylation sites is 1. The van der Waals surface area contributed by atoms with Gasteiger partial charge in [-0.3, -0.25) is 4.79 Å². The Bertz CT molecular complexity index is 501. The van der Waals surface area contributed by atoms with Crippen molar-refractivity contribution in [1.82, 2.24) is 10.2 Å². The number of carbonyl (C=O) groups is 1. The molecule has 2 heterocycles. The molecule has 1 amide bonds. The summed E-state index contributed by atoms with van der Waals surface area (Å²) in [5.41, 5.74) is 1.15. The fourth-order valence-electron chi connectivity index (χ4n) is 3.34. The predicted molar refractivity (Wildman–Crippen MR) is 89.7 cm³/mol. The molecule has 0 saturated carbocycles. The molecule has 1 aromatic carbocycles. The van der Waals surface area contributed by atoms with Gasteiger partial charge in [0.05, 0.1) is 5.92 Å². The van der Waals surface area contributed by atoms with Crippen molar-refractivity contribution >= 4 is 18.3 Å². The van der Waals surface area contributed by atoms with Crippen LogP contribution in [-0.4, -0.2) is 43.6 Å². The number of halogens is 1. The highest BCUT2D eigenvalue weighted by Gasteiger charge is 2.31. The van der Waals surface area contributed by atoms with Crippen molar-refractivity contribution in [1.29, 1.82) is 0 Å². The highest BCUT2D eigenvalue weighted by Crippen LogP contribution is 2.28. The van der Waals surface area contributed by atoms with Crippen molar-refractivity contribution in [2.45, 2.75) is 31.7 Å². The molecular weight excluding hydrogens is 300 g/mol. The number of carbonyl (C=O) groups excluding carboxylic acids is 1. The molecule has 0 bridgehead atoms. The smallest absolute Gasteiger partial charge is 0.229 e. The molecule has 1 N–H and O–H groups in total. The van der Waals surface area contributed by atoms with Crippen LogP contribution in [0.3, 0.4) is 0 Å². The van der Waals surface area contributed by atoms with Crippen LogP contribution in [0.25, 0.3) is 0 Å². The largest absolute Gasteiger partial charge is 0.492 e. The summed E-state index contributed by atoms with van der Waals surface area (Å²) >= 11 is 0. The fourth-order valence-corrected chi connectivity index (χ4v) is 3.34. The molecule has 2 aliphatic rings. The summed E-state index contributed by atoms with van der Waals surface area (Å²) in [7, 11) is 1.96. The number of hydrogen-bond donors (Lipinski definition) is 1. The van der Waals surface area contributed by atoms with Crippen LogP contribution in [0.15, 0.2) is 24.3 Å². The highest BCUT2D eigenvalue weighted by molar-refractivity contribution is 5.85. The van der Waals surface area contributed by atoms with Crippen molar-refractivity contribution in [3.8, 4) is 5.75 Å². The van der Waals surface area contributed by atoms with E-state index < -0.39 is 0 Å². The van der Waals surface area contributed by atoms with E-state index in [-0.39, 0.29) is 24.2 Å². The quantitative estimate of drug-likeness (QED) is 0.907. The van der Waals surface area contributed by atoms with Crippen LogP contribution in [0.2, 0.25) is 0 Å². The van der Waals surface area contributed by atoms with Crippen LogP contribution in [0.1, 0.15) is 24.8 Å². The molecule has 3 rings (SSSR count). The first-order valence-corrected chi connectivity index (χ1v) is 7.94. The lowest BCUT2D eigenvalue weighted by Gasteiger charge is -2.32. The van der Waals surface area contributed by atoms with Gasteiger partial charge in [-0.25, -0.2) is 0 Å². The molecule has 22 heavy (non-hydrogen) atoms. The average molecular weight is 325 g/mol. The van der Waals surface area contributed by atoms with Crippen molar-refractivity contribution in [2.75, 3.05) is 26.7 Å². The molecule has 2 atom stereocenters. The first kappa shape index (κ1) is 17.1. The number of nitrogens with one attached hydrogen (secondary N) is 1. The van der Waals surface area contributed by atoms with E-state index in [4.69, 9.17) is 4.74 Å². The molecule has 2 unspecified atom stereocenters. The van der Waals surface area contributed by atoms with Gasteiger partial charge < -0.3 is 15.0 Å². The Kier molecular flexibility index (Phi) is 6.09. The Morgan fingerprint density at radius 1 is 1.27 bits per heavy atom. The molecule has 5 heteroatoms. The number of benzene rings is 1. The van der Waals surface area contributed by atoms with Gasteiger partial charge >= 0.3 is 0 Å². The third kappa shape index (κ3) is 3.73. The summed E-state index contributed by atoms with van der Waals surface area (Å²) in [5.74, 6) is 1.13. The van der Waals surface area contributed by atoms with Gasteiger partial charge in [-0.15, -0.1) is 12.4 Å². The molecule has 0 spiro atoms. The zero-order valence-electron chi connectivity index (χ0n) is 13.1. The van der Waals surface area contributed by atoms with E-state index in [2.05, 4.69) is 11.4 Å². The van der Waals surface area contributed by atoms with Crippen LogP contribution in [0, 0.1) is 5.92 Å². The number of amides is 1. The summed E-state index contributed by atoms with van der Waals surface area (Å²) in [5, 5.41) is 3.40. The van der Waals surface area contributed by atoms with Gasteiger partial charge in [-0.1, -0.05) is 18.2 Å². The topological polar surface area (TPSA) is 41.6 Å². The van der Waals surface area contributed by atoms with Crippen LogP contribution in [0.5, 0.6) is 5.75 Å². The summed E-state index contributed by atoms with van der Waals surface area (Å²) in [6, 6.07) is 8.40. The average Bonchev–Trinajstić information content (AvgIpc) is 2.82. The molecule has 1 saturated heterocycles. The van der Waals surface area contributed by atoms with Crippen LogP contribution in [-0.2, 0) is 11.2 Å². The summed E-state index contributed by atoms with van der Waals surface area (Å²) < 4.78 is 5.76. The number of nitrogens with zero attached hydrogens (tertiary/aromatic N) is 1. The minimum Gasteiger partial charge on any atom is -0.492 e. The monoisotopic (exact) mass is 324 g/mol. The lowest BCUT2D eigenvalue weighted by atomic mass is 9.94. The SMILES string of the molecule is CN(C(=O)C1COc2ccccc2C1)C1CCCNCC1.Cl. The Balaban J connectivity index is 0.00000176. The van der Waals surface area contributed by atoms with Crippen molar-refractivity contribution in [2.24, 2.45) is 5.92 Å². The van der Waals surface area contributed by atoms with Crippen molar-refractivity contribution in [3.05, 3.63) is 29.8 Å². The molecule has 0 aliphatic carbocycles. The van der Waals surface area contributed by atoms with Crippen molar-refractivity contribution < 1.29 is 9.53 Å². The molecular formula is C17H25ClN2O2. The van der Waals surface area contributed by atoms with E-state index in [1.54, 1.807) is 0 Å². The lowest BCUT2D eigenvalue weighted by molar-refractivity contribution is -0.137. The maximum absolute atomic E-state index is 12.7. The zero-order chi connectivity index (χ0) is 14.7. The molecule has 122 valence electrons. The minimum absolute atomic E-state index is 0. The molecule has 1 aromatic rings. The standard InChI is InChI=1S/C17H24N2O2.ClH/c1-19(15-6-4-9-18-10-8-15)17(20)14-11-13-5-2-3-7-16(13)21-12-14;/h2-3,5,7,14-15,18H,4,6,8-12H2,1H3;1H. The third-order valence-electron chi connectivity index (χ3n) is 4.67. The van der Waals surface area contributed by atoms with Crippen LogP contribution in [0.4, 0.5) is 0 Å². The Morgan fingerprint density at radius 3 is 2.95 bits per heavy atom. The minimum atomic E-state index is -0.0406. The van der Waals surface area contributed by atoms with E-state index in [1.165, 1.54) is 0 Å². The summed E-state index contributed by atoms with van der Waals surface area (Å²) in [6.45, 7) is 2.58. The second-order valence-electron chi connectivity index (χ2n) is 6.10. The Morgan fingerprint density at radius 2 is 2.09 bits per heavy atom. The van der Waals surface area contributed by atoms with E-state index in [9.17, 15) is 4.79 Å². The van der Waals surface area contributed by atoms with Gasteiger partial charge in [0, 0.05) is 13.1 Å². The normalized spacial score (nSPS) is 24.2. The van der Waals surface area contributed by atoms with Gasteiger partial charge in [0.1, 0.15) is 12.4 Å². The number of ether oxygens (including phenoxy) is 1. The van der Waals surface area contributed by atoms with E-state index >= 15 is 0 Å². The molecule has 1 fully saturated rings. The lowest BCUT2D eigenvalue weighted by Crippen LogP contribution is -2.44. The maximum Gasteiger partial charge on any atom is 0.229 e. The van der Waals surface area contributed by atoms with Gasteiger partial charge in [0.2, 0.25) is 5.91 Å². The van der Waals surface area contributed by atoms with Gasteiger partial charge in [0.15, 0.2) is 0 Å². The molecule has 0 aromatic heterocycles. The zero-order valence-corrected chi connectivity index (χ0v) is 13.9. The Hall–Kier alpha value is -1.26. The number of fused-ring (bicyclic) bond motifs is 1. The second kappa shape index (κ2) is 7.84. The summed E-state index contributed by atoms with van der Waals surface area (Å²) in [6.07, 6.45) is 4.09. The predicted octanol–water partition coefficient (Wildman–Crippen LogP) is 2.26. The number of hydrogen-bond acceptors (Lipinski definition) is 3. The molecule has 4 nitrogen and oxygen atoms in total. The number of rotatable bonds is 2. The molecule has 2 aliphatic heterocycles. The van der Waals surface area contributed by atoms with E-state index in [1.807, 2.05) is 30.1 Å². The fraction of sp³-hybridized carbons (Fsp3) is 0.588. The van der Waals surface area contributed by atoms with Gasteiger partial charge in [-0.2, -0.15) is 0 Å². The van der Waals surface area contributed by atoms with Crippen molar-refractivity contribution in [3.63, 3.8) is 0 Å². The second-order valence-corrected chi connectivity index (χ2v) is 6.10. The summed E-state index contributed by atoms with van der Waals surface area (Å²) in [4.78, 5) is 14.7. The first-order chi connectivity index (χ1) is 10.3. The molecule has 0 radical (unpaired) electrons. The van der Waals surface area contributed by atoms with E-state index in [0.29, 0.717) is 12.6 Å². The highest BCUT2D eigenvalue weighted by atomic mass is 35.5. The van der Waals surface area contributed by atoms with Gasteiger partial charge in [0.25, 0.3) is 0 Å². The first-order valence-electron chi connectivity index (χ1n) is 7.94. The third-order valence-corrected chi connectivity index (χ3v) is 4.67. The maximum atomic E-state index is 12.7.